The maximum Gasteiger partial charge on any atom is 0.186 e. The number of aliphatic hydroxyl groups is 1. The van der Waals surface area contributed by atoms with Crippen LogP contribution in [0.3, 0.4) is 0 Å². The highest BCUT2D eigenvalue weighted by molar-refractivity contribution is 5.14. The van der Waals surface area contributed by atoms with E-state index in [1.165, 1.54) is 0 Å². The lowest BCUT2D eigenvalue weighted by molar-refractivity contribution is -0.180. The van der Waals surface area contributed by atoms with Gasteiger partial charge in [0.05, 0.1) is 19.8 Å². The van der Waals surface area contributed by atoms with Crippen LogP contribution in [0.15, 0.2) is 60.7 Å². The lowest BCUT2D eigenvalue weighted by atomic mass is 10.1. The molecule has 0 radical (unpaired) electrons. The van der Waals surface area contributed by atoms with Gasteiger partial charge in [-0.1, -0.05) is 60.7 Å². The van der Waals surface area contributed by atoms with Crippen molar-refractivity contribution in [2.75, 3.05) is 13.2 Å². The SMILES string of the molecule is CCOC1O[C@H](CO)[C@@H](OCc2ccccc2)[C@H]1OCc1ccccc1. The molecule has 0 saturated carbocycles. The molecule has 3 rings (SSSR count). The van der Waals surface area contributed by atoms with Gasteiger partial charge in [-0.25, -0.2) is 0 Å². The Morgan fingerprint density at radius 2 is 1.35 bits per heavy atom. The summed E-state index contributed by atoms with van der Waals surface area (Å²) in [5.74, 6) is 0. The Morgan fingerprint density at radius 1 is 0.808 bits per heavy atom. The van der Waals surface area contributed by atoms with Crippen LogP contribution in [-0.2, 0) is 32.2 Å². The molecule has 26 heavy (non-hydrogen) atoms. The molecule has 1 fully saturated rings. The highest BCUT2D eigenvalue weighted by atomic mass is 16.7. The van der Waals surface area contributed by atoms with Gasteiger partial charge in [0.15, 0.2) is 6.29 Å². The zero-order valence-electron chi connectivity index (χ0n) is 15.0. The van der Waals surface area contributed by atoms with Crippen LogP contribution in [-0.4, -0.2) is 42.9 Å². The molecule has 0 aliphatic carbocycles. The highest BCUT2D eigenvalue weighted by Crippen LogP contribution is 2.29. The van der Waals surface area contributed by atoms with Gasteiger partial charge in [-0.05, 0) is 18.1 Å². The largest absolute Gasteiger partial charge is 0.394 e. The van der Waals surface area contributed by atoms with Crippen molar-refractivity contribution >= 4 is 0 Å². The van der Waals surface area contributed by atoms with Gasteiger partial charge in [0.1, 0.15) is 18.3 Å². The Balaban J connectivity index is 1.68. The molecule has 1 aliphatic heterocycles. The molecule has 1 aliphatic rings. The summed E-state index contributed by atoms with van der Waals surface area (Å²) in [5.41, 5.74) is 2.13. The average Bonchev–Trinajstić information content (AvgIpc) is 3.03. The molecule has 0 spiro atoms. The van der Waals surface area contributed by atoms with Gasteiger partial charge in [-0.2, -0.15) is 0 Å². The summed E-state index contributed by atoms with van der Waals surface area (Å²) in [5, 5.41) is 9.71. The maximum atomic E-state index is 9.71. The first-order valence-corrected chi connectivity index (χ1v) is 9.00. The first-order valence-electron chi connectivity index (χ1n) is 9.00. The van der Waals surface area contributed by atoms with Crippen LogP contribution in [0.2, 0.25) is 0 Å². The van der Waals surface area contributed by atoms with Crippen LogP contribution < -0.4 is 0 Å². The van der Waals surface area contributed by atoms with Gasteiger partial charge >= 0.3 is 0 Å². The lowest BCUT2D eigenvalue weighted by Crippen LogP contribution is -2.39. The summed E-state index contributed by atoms with van der Waals surface area (Å²) in [4.78, 5) is 0. The van der Waals surface area contributed by atoms with Crippen molar-refractivity contribution in [2.24, 2.45) is 0 Å². The minimum absolute atomic E-state index is 0.145. The van der Waals surface area contributed by atoms with E-state index in [-0.39, 0.29) is 6.61 Å². The van der Waals surface area contributed by atoms with Crippen LogP contribution in [0, 0.1) is 0 Å². The van der Waals surface area contributed by atoms with Crippen LogP contribution in [0.5, 0.6) is 0 Å². The van der Waals surface area contributed by atoms with Gasteiger partial charge in [0, 0.05) is 6.61 Å². The second-order valence-corrected chi connectivity index (χ2v) is 6.20. The number of benzene rings is 2. The van der Waals surface area contributed by atoms with Crippen LogP contribution >= 0.6 is 0 Å². The van der Waals surface area contributed by atoms with Gasteiger partial charge in [-0.15, -0.1) is 0 Å². The number of aliphatic hydroxyl groups excluding tert-OH is 1. The second-order valence-electron chi connectivity index (χ2n) is 6.20. The van der Waals surface area contributed by atoms with Crippen molar-refractivity contribution in [3.8, 4) is 0 Å². The molecular weight excluding hydrogens is 332 g/mol. The van der Waals surface area contributed by atoms with Crippen molar-refractivity contribution in [1.29, 1.82) is 0 Å². The average molecular weight is 358 g/mol. The van der Waals surface area contributed by atoms with Gasteiger partial charge in [0.25, 0.3) is 0 Å². The maximum absolute atomic E-state index is 9.71. The lowest BCUT2D eigenvalue weighted by Gasteiger charge is -2.24. The smallest absolute Gasteiger partial charge is 0.186 e. The van der Waals surface area contributed by atoms with Crippen molar-refractivity contribution in [2.45, 2.75) is 44.7 Å². The Labute approximate surface area is 154 Å². The summed E-state index contributed by atoms with van der Waals surface area (Å²) in [6.07, 6.45) is -1.84. The van der Waals surface area contributed by atoms with E-state index in [1.54, 1.807) is 0 Å². The molecule has 2 aromatic carbocycles. The molecular formula is C21H26O5. The Bertz CT molecular complexity index is 633. The van der Waals surface area contributed by atoms with Crippen LogP contribution in [0.4, 0.5) is 0 Å². The van der Waals surface area contributed by atoms with E-state index in [1.807, 2.05) is 67.6 Å². The number of ether oxygens (including phenoxy) is 4. The minimum Gasteiger partial charge on any atom is -0.394 e. The first kappa shape index (κ1) is 19.0. The normalized spacial score (nSPS) is 25.5. The molecule has 140 valence electrons. The van der Waals surface area contributed by atoms with Gasteiger partial charge in [0.2, 0.25) is 0 Å². The topological polar surface area (TPSA) is 57.2 Å². The zero-order valence-corrected chi connectivity index (χ0v) is 15.0. The fraction of sp³-hybridized carbons (Fsp3) is 0.429. The summed E-state index contributed by atoms with van der Waals surface area (Å²) >= 11 is 0. The third-order valence-electron chi connectivity index (χ3n) is 4.35. The van der Waals surface area contributed by atoms with E-state index in [0.29, 0.717) is 19.8 Å². The number of rotatable bonds is 9. The van der Waals surface area contributed by atoms with Crippen LogP contribution in [0.1, 0.15) is 18.1 Å². The summed E-state index contributed by atoms with van der Waals surface area (Å²) in [6.45, 7) is 3.12. The fourth-order valence-corrected chi connectivity index (χ4v) is 3.05. The third kappa shape index (κ3) is 4.90. The Hall–Kier alpha value is -1.76. The second kappa shape index (κ2) is 9.80. The predicted octanol–water partition coefficient (Wildman–Crippen LogP) is 2.91. The summed E-state index contributed by atoms with van der Waals surface area (Å²) < 4.78 is 23.7. The molecule has 0 bridgehead atoms. The predicted molar refractivity (Wildman–Crippen MR) is 97.4 cm³/mol. The van der Waals surface area contributed by atoms with Crippen molar-refractivity contribution in [1.82, 2.24) is 0 Å². The summed E-state index contributed by atoms with van der Waals surface area (Å²) in [6, 6.07) is 19.9. The molecule has 4 atom stereocenters. The fourth-order valence-electron chi connectivity index (χ4n) is 3.05. The Morgan fingerprint density at radius 3 is 1.85 bits per heavy atom. The third-order valence-corrected chi connectivity index (χ3v) is 4.35. The van der Waals surface area contributed by atoms with Gasteiger partial charge < -0.3 is 24.1 Å². The molecule has 2 aromatic rings. The molecule has 0 aromatic heterocycles. The standard InChI is InChI=1S/C21H26O5/c1-2-23-21-20(25-15-17-11-7-4-8-12-17)19(18(13-22)26-21)24-14-16-9-5-3-6-10-16/h3-12,18-22H,2,13-15H2,1H3/t18-,19-,20-,21?/m1/s1. The molecule has 1 N–H and O–H groups in total. The molecule has 5 heteroatoms. The molecule has 5 nitrogen and oxygen atoms in total. The number of hydrogen-bond acceptors (Lipinski definition) is 5. The highest BCUT2D eigenvalue weighted by Gasteiger charge is 2.46. The van der Waals surface area contributed by atoms with E-state index < -0.39 is 24.6 Å². The minimum atomic E-state index is -0.554. The van der Waals surface area contributed by atoms with Gasteiger partial charge in [-0.3, -0.25) is 0 Å². The molecule has 1 unspecified atom stereocenters. The quantitative estimate of drug-likeness (QED) is 0.747. The summed E-state index contributed by atoms with van der Waals surface area (Å²) in [7, 11) is 0. The van der Waals surface area contributed by atoms with E-state index in [4.69, 9.17) is 18.9 Å². The van der Waals surface area contributed by atoms with Crippen LogP contribution in [0.25, 0.3) is 0 Å². The first-order chi connectivity index (χ1) is 12.8. The van der Waals surface area contributed by atoms with E-state index in [2.05, 4.69) is 0 Å². The van der Waals surface area contributed by atoms with E-state index in [0.717, 1.165) is 11.1 Å². The zero-order chi connectivity index (χ0) is 18.2. The van der Waals surface area contributed by atoms with Crippen molar-refractivity contribution < 1.29 is 24.1 Å². The molecule has 1 heterocycles. The Kier molecular flexibility index (Phi) is 7.17. The molecule has 1 saturated heterocycles. The number of hydrogen-bond donors (Lipinski definition) is 1. The van der Waals surface area contributed by atoms with Crippen molar-refractivity contribution in [3.63, 3.8) is 0 Å². The van der Waals surface area contributed by atoms with Crippen molar-refractivity contribution in [3.05, 3.63) is 71.8 Å². The monoisotopic (exact) mass is 358 g/mol. The van der Waals surface area contributed by atoms with E-state index in [9.17, 15) is 5.11 Å². The van der Waals surface area contributed by atoms with E-state index >= 15 is 0 Å². The molecule has 0 amide bonds.